The first kappa shape index (κ1) is 11.0. The summed E-state index contributed by atoms with van der Waals surface area (Å²) in [5.41, 5.74) is 6.72. The normalized spacial score (nSPS) is 11.2. The van der Waals surface area contributed by atoms with Crippen LogP contribution in [0.4, 0.5) is 5.82 Å². The van der Waals surface area contributed by atoms with Gasteiger partial charge in [-0.1, -0.05) is 19.9 Å². The predicted octanol–water partition coefficient (Wildman–Crippen LogP) is 1.75. The lowest BCUT2D eigenvalue weighted by Crippen LogP contribution is -2.22. The lowest BCUT2D eigenvalue weighted by Gasteiger charge is -2.18. The summed E-state index contributed by atoms with van der Waals surface area (Å²) < 4.78 is 0. The maximum Gasteiger partial charge on any atom is 0.123 e. The summed E-state index contributed by atoms with van der Waals surface area (Å²) in [6.45, 7) is 6.48. The molecule has 0 unspecified atom stereocenters. The Bertz CT molecular complexity index is 266. The molecule has 0 fully saturated rings. The molecule has 0 aliphatic rings. The first-order valence-corrected chi connectivity index (χ1v) is 4.97. The van der Waals surface area contributed by atoms with E-state index in [9.17, 15) is 0 Å². The zero-order valence-corrected chi connectivity index (χ0v) is 9.20. The van der Waals surface area contributed by atoms with Gasteiger partial charge in [0.15, 0.2) is 0 Å². The molecule has 0 atom stereocenters. The fourth-order valence-electron chi connectivity index (χ4n) is 1.53. The Morgan fingerprint density at radius 3 is 2.64 bits per heavy atom. The van der Waals surface area contributed by atoms with E-state index in [-0.39, 0.29) is 0 Å². The lowest BCUT2D eigenvalue weighted by atomic mass is 10.2. The smallest absolute Gasteiger partial charge is 0.123 e. The molecule has 2 N–H and O–H groups in total. The van der Waals surface area contributed by atoms with Crippen LogP contribution >= 0.6 is 0 Å². The quantitative estimate of drug-likeness (QED) is 0.792. The summed E-state index contributed by atoms with van der Waals surface area (Å²) >= 11 is 0. The van der Waals surface area contributed by atoms with Crippen LogP contribution < -0.4 is 5.73 Å². The fourth-order valence-corrected chi connectivity index (χ4v) is 1.53. The Hall–Kier alpha value is -1.09. The molecule has 0 aromatic carbocycles. The zero-order chi connectivity index (χ0) is 10.6. The minimum atomic E-state index is 0.584. The molecule has 0 radical (unpaired) electrons. The highest BCUT2D eigenvalue weighted by Gasteiger charge is 2.02. The molecule has 14 heavy (non-hydrogen) atoms. The summed E-state index contributed by atoms with van der Waals surface area (Å²) in [6, 6.07) is 3.87. The second kappa shape index (κ2) is 4.96. The van der Waals surface area contributed by atoms with Crippen molar-refractivity contribution in [1.82, 2.24) is 9.88 Å². The van der Waals surface area contributed by atoms with E-state index in [1.807, 2.05) is 18.3 Å². The molecule has 0 aliphatic carbocycles. The van der Waals surface area contributed by atoms with Crippen molar-refractivity contribution in [2.75, 3.05) is 19.3 Å². The molecule has 1 heterocycles. The van der Waals surface area contributed by atoms with E-state index in [2.05, 4.69) is 30.8 Å². The number of rotatable bonds is 4. The van der Waals surface area contributed by atoms with Gasteiger partial charge in [-0.3, -0.25) is 0 Å². The minimum Gasteiger partial charge on any atom is -0.384 e. The highest BCUT2D eigenvalue weighted by Crippen LogP contribution is 2.05. The number of nitrogens with two attached hydrogens (primary N) is 1. The van der Waals surface area contributed by atoms with Gasteiger partial charge in [-0.15, -0.1) is 0 Å². The van der Waals surface area contributed by atoms with Crippen LogP contribution in [0.1, 0.15) is 19.4 Å². The van der Waals surface area contributed by atoms with Crippen molar-refractivity contribution < 1.29 is 0 Å². The molecule has 0 amide bonds. The summed E-state index contributed by atoms with van der Waals surface area (Å²) in [5.74, 6) is 1.28. The van der Waals surface area contributed by atoms with Crippen LogP contribution in [0.5, 0.6) is 0 Å². The second-order valence-corrected chi connectivity index (χ2v) is 4.18. The van der Waals surface area contributed by atoms with Gasteiger partial charge in [-0.2, -0.15) is 0 Å². The molecule has 1 aromatic heterocycles. The average Bonchev–Trinajstić information content (AvgIpc) is 2.07. The van der Waals surface area contributed by atoms with Crippen molar-refractivity contribution in [3.63, 3.8) is 0 Å². The van der Waals surface area contributed by atoms with E-state index >= 15 is 0 Å². The van der Waals surface area contributed by atoms with Crippen LogP contribution in [-0.2, 0) is 6.54 Å². The van der Waals surface area contributed by atoms with Gasteiger partial charge in [-0.05, 0) is 24.6 Å². The van der Waals surface area contributed by atoms with Gasteiger partial charge < -0.3 is 10.6 Å². The third-order valence-electron chi connectivity index (χ3n) is 1.98. The number of aromatic nitrogens is 1. The number of hydrogen-bond acceptors (Lipinski definition) is 3. The van der Waals surface area contributed by atoms with E-state index < -0.39 is 0 Å². The van der Waals surface area contributed by atoms with Gasteiger partial charge in [0.1, 0.15) is 5.82 Å². The molecule has 3 heteroatoms. The topological polar surface area (TPSA) is 42.1 Å². The Kier molecular flexibility index (Phi) is 3.89. The van der Waals surface area contributed by atoms with Crippen molar-refractivity contribution >= 4 is 5.82 Å². The SMILES string of the molecule is CC(C)CN(C)Cc1ccc(N)nc1. The first-order chi connectivity index (χ1) is 6.58. The summed E-state index contributed by atoms with van der Waals surface area (Å²) in [7, 11) is 2.12. The minimum absolute atomic E-state index is 0.584. The van der Waals surface area contributed by atoms with Gasteiger partial charge in [0.2, 0.25) is 0 Å². The second-order valence-electron chi connectivity index (χ2n) is 4.18. The summed E-state index contributed by atoms with van der Waals surface area (Å²) in [4.78, 5) is 6.35. The molecule has 78 valence electrons. The number of anilines is 1. The molecule has 0 spiro atoms. The van der Waals surface area contributed by atoms with Crippen LogP contribution in [0, 0.1) is 5.92 Å². The van der Waals surface area contributed by atoms with Crippen LogP contribution in [0.15, 0.2) is 18.3 Å². The summed E-state index contributed by atoms with van der Waals surface area (Å²) in [6.07, 6.45) is 1.84. The fraction of sp³-hybridized carbons (Fsp3) is 0.545. The van der Waals surface area contributed by atoms with Gasteiger partial charge in [0.25, 0.3) is 0 Å². The van der Waals surface area contributed by atoms with Crippen molar-refractivity contribution in [3.8, 4) is 0 Å². The largest absolute Gasteiger partial charge is 0.384 e. The van der Waals surface area contributed by atoms with E-state index in [0.29, 0.717) is 11.7 Å². The predicted molar refractivity (Wildman–Crippen MR) is 59.8 cm³/mol. The van der Waals surface area contributed by atoms with Gasteiger partial charge in [-0.25, -0.2) is 4.98 Å². The Morgan fingerprint density at radius 2 is 2.14 bits per heavy atom. The highest BCUT2D eigenvalue weighted by atomic mass is 15.1. The third kappa shape index (κ3) is 3.75. The summed E-state index contributed by atoms with van der Waals surface area (Å²) in [5, 5.41) is 0. The molecule has 0 saturated carbocycles. The van der Waals surface area contributed by atoms with Gasteiger partial charge in [0.05, 0.1) is 0 Å². The van der Waals surface area contributed by atoms with Gasteiger partial charge >= 0.3 is 0 Å². The van der Waals surface area contributed by atoms with Crippen molar-refractivity contribution in [1.29, 1.82) is 0 Å². The standard InChI is InChI=1S/C11H19N3/c1-9(2)7-14(3)8-10-4-5-11(12)13-6-10/h4-6,9H,7-8H2,1-3H3,(H2,12,13). The molecule has 0 saturated heterocycles. The number of hydrogen-bond donors (Lipinski definition) is 1. The number of pyridine rings is 1. The van der Waals surface area contributed by atoms with Gasteiger partial charge in [0, 0.05) is 19.3 Å². The molecule has 3 nitrogen and oxygen atoms in total. The van der Waals surface area contributed by atoms with E-state index in [4.69, 9.17) is 5.73 Å². The number of nitrogens with zero attached hydrogens (tertiary/aromatic N) is 2. The van der Waals surface area contributed by atoms with E-state index in [1.165, 1.54) is 5.56 Å². The van der Waals surface area contributed by atoms with Crippen molar-refractivity contribution in [2.45, 2.75) is 20.4 Å². The molecular weight excluding hydrogens is 174 g/mol. The Morgan fingerprint density at radius 1 is 1.43 bits per heavy atom. The Balaban J connectivity index is 2.47. The first-order valence-electron chi connectivity index (χ1n) is 4.97. The van der Waals surface area contributed by atoms with Crippen LogP contribution in [-0.4, -0.2) is 23.5 Å². The monoisotopic (exact) mass is 193 g/mol. The Labute approximate surface area is 85.9 Å². The third-order valence-corrected chi connectivity index (χ3v) is 1.98. The van der Waals surface area contributed by atoms with Crippen LogP contribution in [0.3, 0.4) is 0 Å². The van der Waals surface area contributed by atoms with Crippen LogP contribution in [0.25, 0.3) is 0 Å². The van der Waals surface area contributed by atoms with Crippen LogP contribution in [0.2, 0.25) is 0 Å². The average molecular weight is 193 g/mol. The molecule has 1 rings (SSSR count). The molecule has 0 aliphatic heterocycles. The maximum absolute atomic E-state index is 5.51. The van der Waals surface area contributed by atoms with E-state index in [0.717, 1.165) is 13.1 Å². The zero-order valence-electron chi connectivity index (χ0n) is 9.20. The lowest BCUT2D eigenvalue weighted by molar-refractivity contribution is 0.288. The molecule has 0 bridgehead atoms. The molecule has 1 aromatic rings. The molecular formula is C11H19N3. The maximum atomic E-state index is 5.51. The number of nitrogen functional groups attached to an aromatic ring is 1. The van der Waals surface area contributed by atoms with Crippen molar-refractivity contribution in [3.05, 3.63) is 23.9 Å². The highest BCUT2D eigenvalue weighted by molar-refractivity contribution is 5.29. The van der Waals surface area contributed by atoms with E-state index in [1.54, 1.807) is 0 Å². The van der Waals surface area contributed by atoms with Crippen molar-refractivity contribution in [2.24, 2.45) is 5.92 Å².